The van der Waals surface area contributed by atoms with E-state index >= 15 is 0 Å². The summed E-state index contributed by atoms with van der Waals surface area (Å²) < 4.78 is 34.9. The van der Waals surface area contributed by atoms with Gasteiger partial charge in [-0.05, 0) is 43.3 Å². The van der Waals surface area contributed by atoms with Gasteiger partial charge in [-0.25, -0.2) is 13.8 Å². The first-order valence-electron chi connectivity index (χ1n) is 16.0. The van der Waals surface area contributed by atoms with E-state index in [9.17, 15) is 18.8 Å². The first kappa shape index (κ1) is 30.7. The van der Waals surface area contributed by atoms with Crippen LogP contribution >= 0.6 is 11.6 Å². The molecule has 0 spiro atoms. The van der Waals surface area contributed by atoms with Crippen LogP contribution in [-0.4, -0.2) is 84.3 Å². The number of ether oxygens (including phenoxy) is 1. The molecular weight excluding hydrogens is 610 g/mol. The molecule has 1 amide bonds. The quantitative estimate of drug-likeness (QED) is 0.300. The summed E-state index contributed by atoms with van der Waals surface area (Å²) in [5, 5.41) is 12.3. The lowest BCUT2D eigenvalue weighted by Gasteiger charge is -2.43. The predicted molar refractivity (Wildman–Crippen MR) is 175 cm³/mol. The number of hydrogen-bond acceptors (Lipinski definition) is 7. The average molecular weight is 647 g/mol. The summed E-state index contributed by atoms with van der Waals surface area (Å²) in [5.74, 6) is -1.32. The highest BCUT2D eigenvalue weighted by Gasteiger charge is 2.49. The van der Waals surface area contributed by atoms with E-state index in [0.717, 1.165) is 59.3 Å². The van der Waals surface area contributed by atoms with Crippen molar-refractivity contribution in [3.8, 4) is 11.9 Å². The fourth-order valence-corrected chi connectivity index (χ4v) is 8.31. The van der Waals surface area contributed by atoms with Gasteiger partial charge in [0.1, 0.15) is 12.8 Å². The number of rotatable bonds is 7. The molecule has 4 aliphatic heterocycles. The van der Waals surface area contributed by atoms with Gasteiger partial charge in [0.25, 0.3) is 5.91 Å². The molecule has 0 saturated carbocycles. The molecule has 8 nitrogen and oxygen atoms in total. The zero-order valence-electron chi connectivity index (χ0n) is 25.7. The fourth-order valence-electron chi connectivity index (χ4n) is 8.03. The van der Waals surface area contributed by atoms with E-state index in [1.54, 1.807) is 0 Å². The van der Waals surface area contributed by atoms with Gasteiger partial charge in [0, 0.05) is 67.5 Å². The predicted octanol–water partition coefficient (Wildman–Crippen LogP) is 5.82. The summed E-state index contributed by atoms with van der Waals surface area (Å²) in [4.78, 5) is 25.7. The van der Waals surface area contributed by atoms with Crippen molar-refractivity contribution < 1.29 is 18.3 Å². The molecule has 7 rings (SSSR count). The van der Waals surface area contributed by atoms with Gasteiger partial charge in [-0.15, -0.1) is 0 Å². The molecule has 3 saturated heterocycles. The summed E-state index contributed by atoms with van der Waals surface area (Å²) in [6.45, 7) is 7.24. The van der Waals surface area contributed by atoms with Crippen molar-refractivity contribution in [3.63, 3.8) is 0 Å². The van der Waals surface area contributed by atoms with Crippen molar-refractivity contribution in [2.45, 2.75) is 56.4 Å². The smallest absolute Gasteiger partial charge is 0.282 e. The number of pyridine rings is 1. The van der Waals surface area contributed by atoms with Gasteiger partial charge < -0.3 is 19.4 Å². The number of amides is 1. The number of hydrogen-bond donors (Lipinski definition) is 0. The van der Waals surface area contributed by atoms with Crippen molar-refractivity contribution in [2.24, 2.45) is 0 Å². The Morgan fingerprint density at radius 2 is 1.96 bits per heavy atom. The monoisotopic (exact) mass is 646 g/mol. The Morgan fingerprint density at radius 1 is 1.13 bits per heavy atom. The topological polar surface area (TPSA) is 75.9 Å². The number of aromatic nitrogens is 1. The standard InChI is InChI=1S/C35H37ClF2N6O2/c1-23(37)34(45)44-16-15-42(20-26(44)9-12-39)31-17-32(46-22-35-11-4-13-43(35)19-25(38)18-35)40-29-21-41(14-10-27(29)31)30-8-3-6-24-5-2-7-28(36)33(24)30/h2-3,5-8,17,25-26H,1,4,9-11,13-16,18-22H2/t25-,26+,35+/m1/s1. The van der Waals surface area contributed by atoms with Crippen LogP contribution in [-0.2, 0) is 17.8 Å². The van der Waals surface area contributed by atoms with Crippen LogP contribution in [0.2, 0.25) is 5.02 Å². The van der Waals surface area contributed by atoms with Gasteiger partial charge in [-0.1, -0.05) is 42.4 Å². The highest BCUT2D eigenvalue weighted by Crippen LogP contribution is 2.42. The van der Waals surface area contributed by atoms with E-state index in [0.29, 0.717) is 56.5 Å². The molecule has 4 aliphatic rings. The number of nitriles is 1. The molecule has 0 N–H and O–H groups in total. The number of carbonyl (C=O) groups is 1. The second-order valence-corrected chi connectivity index (χ2v) is 13.3. The van der Waals surface area contributed by atoms with Gasteiger partial charge >= 0.3 is 0 Å². The molecule has 3 aromatic rings. The van der Waals surface area contributed by atoms with Crippen LogP contribution in [0, 0.1) is 11.3 Å². The third-order valence-corrected chi connectivity index (χ3v) is 10.5. The Bertz CT molecular complexity index is 1730. The van der Waals surface area contributed by atoms with Crippen LogP contribution in [0.3, 0.4) is 0 Å². The van der Waals surface area contributed by atoms with E-state index in [2.05, 4.69) is 45.5 Å². The molecule has 1 aromatic heterocycles. The minimum absolute atomic E-state index is 0.0739. The maximum atomic E-state index is 14.5. The number of benzene rings is 2. The van der Waals surface area contributed by atoms with E-state index in [-0.39, 0.29) is 18.5 Å². The maximum absolute atomic E-state index is 14.5. The number of carbonyl (C=O) groups excluding carboxylic acids is 1. The van der Waals surface area contributed by atoms with Crippen LogP contribution in [0.1, 0.15) is 36.9 Å². The Hall–Kier alpha value is -3.94. The number of alkyl halides is 1. The molecule has 240 valence electrons. The highest BCUT2D eigenvalue weighted by atomic mass is 35.5. The van der Waals surface area contributed by atoms with E-state index in [4.69, 9.17) is 21.3 Å². The van der Waals surface area contributed by atoms with Gasteiger partial charge in [0.2, 0.25) is 5.88 Å². The molecule has 0 radical (unpaired) electrons. The van der Waals surface area contributed by atoms with Crippen molar-refractivity contribution in [1.82, 2.24) is 14.8 Å². The molecule has 0 bridgehead atoms. The van der Waals surface area contributed by atoms with E-state index in [1.807, 2.05) is 24.3 Å². The normalized spacial score (nSPS) is 24.5. The molecule has 11 heteroatoms. The molecule has 46 heavy (non-hydrogen) atoms. The fraction of sp³-hybridized carbons (Fsp3) is 0.457. The highest BCUT2D eigenvalue weighted by molar-refractivity contribution is 6.36. The van der Waals surface area contributed by atoms with Crippen molar-refractivity contribution >= 4 is 39.7 Å². The van der Waals surface area contributed by atoms with Crippen molar-refractivity contribution in [1.29, 1.82) is 5.26 Å². The molecular formula is C35H37ClF2N6O2. The summed E-state index contributed by atoms with van der Waals surface area (Å²) in [6, 6.07) is 15.7. The molecule has 3 fully saturated rings. The first-order valence-corrected chi connectivity index (χ1v) is 16.4. The third kappa shape index (κ3) is 5.54. The van der Waals surface area contributed by atoms with Crippen LogP contribution in [0.25, 0.3) is 10.8 Å². The molecule has 5 heterocycles. The number of halogens is 3. The van der Waals surface area contributed by atoms with Crippen LogP contribution in [0.4, 0.5) is 20.2 Å². The third-order valence-electron chi connectivity index (χ3n) is 10.2. The lowest BCUT2D eigenvalue weighted by molar-refractivity contribution is -0.131. The minimum Gasteiger partial charge on any atom is -0.476 e. The van der Waals surface area contributed by atoms with Gasteiger partial charge in [0.05, 0.1) is 41.3 Å². The SMILES string of the molecule is C=C(F)C(=O)N1CCN(c2cc(OC[C@@]34CCCN3C[C@H](F)C4)nc3c2CCN(c2cccc4cccc(Cl)c24)C3)C[C@@H]1CC#N. The van der Waals surface area contributed by atoms with E-state index in [1.165, 1.54) is 4.90 Å². The number of anilines is 2. The summed E-state index contributed by atoms with van der Waals surface area (Å²) in [5.41, 5.74) is 3.63. The van der Waals surface area contributed by atoms with E-state index < -0.39 is 23.9 Å². The first-order chi connectivity index (χ1) is 22.3. The summed E-state index contributed by atoms with van der Waals surface area (Å²) in [6.07, 6.45) is 2.32. The molecule has 0 unspecified atom stereocenters. The maximum Gasteiger partial charge on any atom is 0.282 e. The molecule has 3 atom stereocenters. The van der Waals surface area contributed by atoms with Gasteiger partial charge in [0.15, 0.2) is 5.83 Å². The summed E-state index contributed by atoms with van der Waals surface area (Å²) >= 11 is 6.70. The second kappa shape index (κ2) is 12.3. The Balaban J connectivity index is 1.23. The van der Waals surface area contributed by atoms with Gasteiger partial charge in [-0.2, -0.15) is 5.26 Å². The zero-order valence-corrected chi connectivity index (χ0v) is 26.5. The molecule has 2 aromatic carbocycles. The van der Waals surface area contributed by atoms with Crippen molar-refractivity contribution in [3.05, 3.63) is 71.2 Å². The number of nitrogens with zero attached hydrogens (tertiary/aromatic N) is 6. The molecule has 0 aliphatic carbocycles. The van der Waals surface area contributed by atoms with Crippen LogP contribution in [0.5, 0.6) is 5.88 Å². The number of fused-ring (bicyclic) bond motifs is 3. The van der Waals surface area contributed by atoms with Gasteiger partial charge in [-0.3, -0.25) is 9.69 Å². The Kier molecular flexibility index (Phi) is 8.24. The average Bonchev–Trinajstić information content (AvgIpc) is 3.58. The lowest BCUT2D eigenvalue weighted by Crippen LogP contribution is -2.55. The largest absolute Gasteiger partial charge is 0.476 e. The Morgan fingerprint density at radius 3 is 2.76 bits per heavy atom. The second-order valence-electron chi connectivity index (χ2n) is 12.9. The zero-order chi connectivity index (χ0) is 32.0. The van der Waals surface area contributed by atoms with Crippen LogP contribution < -0.4 is 14.5 Å². The Labute approximate surface area is 272 Å². The van der Waals surface area contributed by atoms with Crippen molar-refractivity contribution in [2.75, 3.05) is 55.7 Å². The minimum atomic E-state index is -1.02. The summed E-state index contributed by atoms with van der Waals surface area (Å²) in [7, 11) is 0. The van der Waals surface area contributed by atoms with Crippen LogP contribution in [0.15, 0.2) is 54.9 Å². The lowest BCUT2D eigenvalue weighted by atomic mass is 9.95. The number of piperazine rings is 1.